The Morgan fingerprint density at radius 3 is 2.44 bits per heavy atom. The van der Waals surface area contributed by atoms with Crippen LogP contribution in [-0.2, 0) is 6.42 Å². The molecule has 0 bridgehead atoms. The fourth-order valence-electron chi connectivity index (χ4n) is 3.02. The van der Waals surface area contributed by atoms with E-state index in [0.717, 1.165) is 18.4 Å². The van der Waals surface area contributed by atoms with Gasteiger partial charge in [-0.05, 0) is 37.5 Å². The average Bonchev–Trinajstić information content (AvgIpc) is 3.31. The molecule has 25 heavy (non-hydrogen) atoms. The Morgan fingerprint density at radius 1 is 1.32 bits per heavy atom. The number of benzene rings is 1. The smallest absolute Gasteiger partial charge is 0.339 e. The Hall–Kier alpha value is -2.27. The van der Waals surface area contributed by atoms with Crippen LogP contribution in [0.3, 0.4) is 0 Å². The van der Waals surface area contributed by atoms with Gasteiger partial charge in [0.2, 0.25) is 0 Å². The molecule has 3 rings (SSSR count). The van der Waals surface area contributed by atoms with Gasteiger partial charge in [0.25, 0.3) is 5.91 Å². The first kappa shape index (κ1) is 17.5. The highest BCUT2D eigenvalue weighted by molar-refractivity contribution is 6.30. The Labute approximate surface area is 151 Å². The summed E-state index contributed by atoms with van der Waals surface area (Å²) in [5, 5.41) is 9.91. The molecule has 0 aliphatic heterocycles. The van der Waals surface area contributed by atoms with Gasteiger partial charge in [0.05, 0.1) is 6.04 Å². The van der Waals surface area contributed by atoms with Gasteiger partial charge in [-0.1, -0.05) is 30.7 Å². The lowest BCUT2D eigenvalue weighted by Gasteiger charge is -2.29. The SMILES string of the molecule is CCc1oc(C(=O)N(C2CC2)C(C)c2ccc(Cl)cc2)cc1C(=O)O. The summed E-state index contributed by atoms with van der Waals surface area (Å²) in [4.78, 5) is 26.1. The van der Waals surface area contributed by atoms with Crippen LogP contribution in [0, 0.1) is 0 Å². The molecule has 1 aromatic carbocycles. The molecule has 0 radical (unpaired) electrons. The minimum absolute atomic E-state index is 0.0562. The predicted octanol–water partition coefficient (Wildman–Crippen LogP) is 4.56. The number of hydrogen-bond acceptors (Lipinski definition) is 3. The van der Waals surface area contributed by atoms with Crippen LogP contribution in [-0.4, -0.2) is 27.9 Å². The summed E-state index contributed by atoms with van der Waals surface area (Å²) in [6.45, 7) is 3.76. The Morgan fingerprint density at radius 2 is 1.96 bits per heavy atom. The number of rotatable bonds is 6. The van der Waals surface area contributed by atoms with Gasteiger partial charge < -0.3 is 14.4 Å². The lowest BCUT2D eigenvalue weighted by Crippen LogP contribution is -2.35. The molecule has 1 N–H and O–H groups in total. The topological polar surface area (TPSA) is 70.8 Å². The van der Waals surface area contributed by atoms with Crippen molar-refractivity contribution in [2.24, 2.45) is 0 Å². The molecule has 6 heteroatoms. The van der Waals surface area contributed by atoms with E-state index in [4.69, 9.17) is 16.0 Å². The van der Waals surface area contributed by atoms with Crippen LogP contribution in [0.2, 0.25) is 5.02 Å². The number of hydrogen-bond donors (Lipinski definition) is 1. The van der Waals surface area contributed by atoms with Crippen LogP contribution in [0.25, 0.3) is 0 Å². The summed E-state index contributed by atoms with van der Waals surface area (Å²) < 4.78 is 5.56. The zero-order valence-corrected chi connectivity index (χ0v) is 14.9. The second-order valence-electron chi connectivity index (χ2n) is 6.28. The van der Waals surface area contributed by atoms with E-state index in [-0.39, 0.29) is 29.3 Å². The zero-order valence-electron chi connectivity index (χ0n) is 14.2. The van der Waals surface area contributed by atoms with Crippen LogP contribution in [0.15, 0.2) is 34.7 Å². The van der Waals surface area contributed by atoms with Crippen LogP contribution in [0.1, 0.15) is 65.0 Å². The van der Waals surface area contributed by atoms with E-state index in [1.54, 1.807) is 24.0 Å². The van der Waals surface area contributed by atoms with Gasteiger partial charge in [-0.25, -0.2) is 4.79 Å². The maximum atomic E-state index is 13.0. The van der Waals surface area contributed by atoms with Gasteiger partial charge in [0.1, 0.15) is 11.3 Å². The number of carboxylic acid groups (broad SMARTS) is 1. The number of aryl methyl sites for hydroxylation is 1. The zero-order chi connectivity index (χ0) is 18.1. The second-order valence-corrected chi connectivity index (χ2v) is 6.71. The highest BCUT2D eigenvalue weighted by Crippen LogP contribution is 2.36. The molecule has 1 saturated carbocycles. The van der Waals surface area contributed by atoms with Gasteiger partial charge in [-0.3, -0.25) is 4.79 Å². The third-order valence-corrected chi connectivity index (χ3v) is 4.77. The highest BCUT2D eigenvalue weighted by Gasteiger charge is 2.38. The van der Waals surface area contributed by atoms with Crippen LogP contribution >= 0.6 is 11.6 Å². The van der Waals surface area contributed by atoms with E-state index < -0.39 is 5.97 Å². The van der Waals surface area contributed by atoms with Crippen molar-refractivity contribution < 1.29 is 19.1 Å². The van der Waals surface area contributed by atoms with Crippen LogP contribution in [0.4, 0.5) is 0 Å². The summed E-state index contributed by atoms with van der Waals surface area (Å²) in [7, 11) is 0. The number of aromatic carboxylic acids is 1. The van der Waals surface area contributed by atoms with Crippen molar-refractivity contribution in [1.82, 2.24) is 4.90 Å². The van der Waals surface area contributed by atoms with Crippen molar-refractivity contribution in [3.05, 3.63) is 58.0 Å². The Balaban J connectivity index is 1.91. The first-order valence-electron chi connectivity index (χ1n) is 8.36. The summed E-state index contributed by atoms with van der Waals surface area (Å²) in [6, 6.07) is 8.74. The first-order chi connectivity index (χ1) is 11.9. The molecule has 132 valence electrons. The molecule has 1 unspecified atom stereocenters. The molecule has 1 aliphatic rings. The molecular weight excluding hydrogens is 342 g/mol. The molecule has 1 heterocycles. The maximum Gasteiger partial charge on any atom is 0.339 e. The third-order valence-electron chi connectivity index (χ3n) is 4.52. The van der Waals surface area contributed by atoms with E-state index in [2.05, 4.69) is 0 Å². The summed E-state index contributed by atoms with van der Waals surface area (Å²) in [5.41, 5.74) is 1.03. The van der Waals surface area contributed by atoms with Crippen molar-refractivity contribution in [3.63, 3.8) is 0 Å². The van der Waals surface area contributed by atoms with Crippen molar-refractivity contribution >= 4 is 23.5 Å². The van der Waals surface area contributed by atoms with E-state index in [1.807, 2.05) is 19.1 Å². The fraction of sp³-hybridized carbons (Fsp3) is 0.368. The molecule has 1 aromatic heterocycles. The van der Waals surface area contributed by atoms with Gasteiger partial charge in [-0.15, -0.1) is 0 Å². The lowest BCUT2D eigenvalue weighted by molar-refractivity contribution is 0.0637. The van der Waals surface area contributed by atoms with Gasteiger partial charge in [0.15, 0.2) is 5.76 Å². The van der Waals surface area contributed by atoms with Crippen molar-refractivity contribution in [1.29, 1.82) is 0 Å². The van der Waals surface area contributed by atoms with Crippen molar-refractivity contribution in [2.75, 3.05) is 0 Å². The van der Waals surface area contributed by atoms with E-state index in [1.165, 1.54) is 6.07 Å². The van der Waals surface area contributed by atoms with Gasteiger partial charge in [-0.2, -0.15) is 0 Å². The number of carbonyl (C=O) groups excluding carboxylic acids is 1. The third kappa shape index (κ3) is 3.56. The van der Waals surface area contributed by atoms with Crippen LogP contribution < -0.4 is 0 Å². The molecule has 0 spiro atoms. The number of carboxylic acids is 1. The number of furan rings is 1. The molecule has 1 atom stereocenters. The minimum atomic E-state index is -1.08. The monoisotopic (exact) mass is 361 g/mol. The number of carbonyl (C=O) groups is 2. The largest absolute Gasteiger partial charge is 0.478 e. The molecule has 1 aliphatic carbocycles. The molecule has 2 aromatic rings. The summed E-state index contributed by atoms with van der Waals surface area (Å²) >= 11 is 5.94. The van der Waals surface area contributed by atoms with E-state index in [0.29, 0.717) is 17.2 Å². The Kier molecular flexibility index (Phi) is 4.86. The quantitative estimate of drug-likeness (QED) is 0.818. The number of nitrogens with zero attached hydrogens (tertiary/aromatic N) is 1. The lowest BCUT2D eigenvalue weighted by atomic mass is 10.1. The molecule has 0 saturated heterocycles. The van der Waals surface area contributed by atoms with E-state index >= 15 is 0 Å². The molecular formula is C19H20ClNO4. The molecule has 1 fully saturated rings. The van der Waals surface area contributed by atoms with Crippen molar-refractivity contribution in [2.45, 2.75) is 45.2 Å². The predicted molar refractivity (Wildman–Crippen MR) is 94.1 cm³/mol. The Bertz CT molecular complexity index is 792. The first-order valence-corrected chi connectivity index (χ1v) is 8.74. The average molecular weight is 362 g/mol. The highest BCUT2D eigenvalue weighted by atomic mass is 35.5. The normalized spacial score (nSPS) is 15.0. The molecule has 1 amide bonds. The standard InChI is InChI=1S/C19H20ClNO4/c1-3-16-15(19(23)24)10-17(25-16)18(22)21(14-8-9-14)11(2)12-4-6-13(20)7-5-12/h4-7,10-11,14H,3,8-9H2,1-2H3,(H,23,24). The summed E-state index contributed by atoms with van der Waals surface area (Å²) in [5.74, 6) is -0.941. The van der Waals surface area contributed by atoms with Crippen LogP contribution in [0.5, 0.6) is 0 Å². The maximum absolute atomic E-state index is 13.0. The van der Waals surface area contributed by atoms with Gasteiger partial charge in [0, 0.05) is 23.6 Å². The van der Waals surface area contributed by atoms with Gasteiger partial charge >= 0.3 is 5.97 Å². The summed E-state index contributed by atoms with van der Waals surface area (Å²) in [6.07, 6.45) is 2.30. The number of amides is 1. The molecule has 5 nitrogen and oxygen atoms in total. The van der Waals surface area contributed by atoms with E-state index in [9.17, 15) is 14.7 Å². The minimum Gasteiger partial charge on any atom is -0.478 e. The van der Waals surface area contributed by atoms with Crippen molar-refractivity contribution in [3.8, 4) is 0 Å². The second kappa shape index (κ2) is 6.92. The number of halogens is 1. The fourth-order valence-corrected chi connectivity index (χ4v) is 3.14.